The Morgan fingerprint density at radius 2 is 1.38 bits per heavy atom. The van der Waals surface area contributed by atoms with E-state index in [1.54, 1.807) is 12.3 Å². The third-order valence-corrected chi connectivity index (χ3v) is 3.74. The molecule has 6 heteroatoms. The summed E-state index contributed by atoms with van der Waals surface area (Å²) in [5.74, 6) is 1.17. The molecule has 2 aromatic carbocycles. The van der Waals surface area contributed by atoms with Gasteiger partial charge in [-0.15, -0.1) is 0 Å². The van der Waals surface area contributed by atoms with Gasteiger partial charge < -0.3 is 22.1 Å². The van der Waals surface area contributed by atoms with E-state index in [1.165, 1.54) is 0 Å². The Morgan fingerprint density at radius 1 is 0.792 bits per heavy atom. The summed E-state index contributed by atoms with van der Waals surface area (Å²) < 4.78 is 0. The fourth-order valence-corrected chi connectivity index (χ4v) is 2.20. The molecule has 0 aliphatic carbocycles. The SMILES string of the molecule is Cc1ccc(Nc2ccnc(Nc3ccc(C)c(N)c3)n2)cc1N. The molecule has 3 aromatic rings. The summed E-state index contributed by atoms with van der Waals surface area (Å²) >= 11 is 0. The van der Waals surface area contributed by atoms with Gasteiger partial charge in [0.15, 0.2) is 0 Å². The van der Waals surface area contributed by atoms with Crippen molar-refractivity contribution in [3.63, 3.8) is 0 Å². The average Bonchev–Trinajstić information content (AvgIpc) is 2.55. The van der Waals surface area contributed by atoms with Crippen LogP contribution in [-0.4, -0.2) is 9.97 Å². The van der Waals surface area contributed by atoms with Crippen LogP contribution in [0.3, 0.4) is 0 Å². The Bertz CT molecular complexity index is 806. The average molecular weight is 320 g/mol. The molecular formula is C18H20N6. The summed E-state index contributed by atoms with van der Waals surface area (Å²) in [6.07, 6.45) is 1.69. The van der Waals surface area contributed by atoms with Crippen molar-refractivity contribution in [3.05, 3.63) is 59.8 Å². The van der Waals surface area contributed by atoms with Crippen LogP contribution in [0.4, 0.5) is 34.5 Å². The van der Waals surface area contributed by atoms with Crippen molar-refractivity contribution in [2.75, 3.05) is 22.1 Å². The summed E-state index contributed by atoms with van der Waals surface area (Å²) in [5, 5.41) is 6.37. The van der Waals surface area contributed by atoms with Gasteiger partial charge in [0.2, 0.25) is 5.95 Å². The van der Waals surface area contributed by atoms with Crippen LogP contribution in [0.2, 0.25) is 0 Å². The largest absolute Gasteiger partial charge is 0.398 e. The maximum absolute atomic E-state index is 5.94. The van der Waals surface area contributed by atoms with Crippen LogP contribution in [0.5, 0.6) is 0 Å². The van der Waals surface area contributed by atoms with Crippen LogP contribution >= 0.6 is 0 Å². The zero-order valence-electron chi connectivity index (χ0n) is 13.7. The van der Waals surface area contributed by atoms with E-state index in [0.29, 0.717) is 11.8 Å². The summed E-state index contributed by atoms with van der Waals surface area (Å²) in [5.41, 5.74) is 17.1. The van der Waals surface area contributed by atoms with Crippen LogP contribution in [0.1, 0.15) is 11.1 Å². The quantitative estimate of drug-likeness (QED) is 0.546. The summed E-state index contributed by atoms with van der Waals surface area (Å²) in [6, 6.07) is 13.4. The normalized spacial score (nSPS) is 10.4. The molecule has 122 valence electrons. The standard InChI is InChI=1S/C18H20N6/c1-11-3-5-13(9-15(11)19)22-17-7-8-21-18(24-17)23-14-6-4-12(2)16(20)10-14/h3-10H,19-20H2,1-2H3,(H2,21,22,23,24). The van der Waals surface area contributed by atoms with Crippen molar-refractivity contribution < 1.29 is 0 Å². The van der Waals surface area contributed by atoms with Crippen molar-refractivity contribution in [2.24, 2.45) is 0 Å². The monoisotopic (exact) mass is 320 g/mol. The molecule has 6 N–H and O–H groups in total. The Hall–Kier alpha value is -3.28. The number of rotatable bonds is 4. The van der Waals surface area contributed by atoms with Crippen molar-refractivity contribution in [1.29, 1.82) is 0 Å². The molecule has 0 amide bonds. The van der Waals surface area contributed by atoms with Crippen LogP contribution in [-0.2, 0) is 0 Å². The lowest BCUT2D eigenvalue weighted by molar-refractivity contribution is 1.16. The second kappa shape index (κ2) is 6.45. The van der Waals surface area contributed by atoms with Gasteiger partial charge in [0.05, 0.1) is 0 Å². The third kappa shape index (κ3) is 3.55. The highest BCUT2D eigenvalue weighted by Crippen LogP contribution is 2.22. The predicted molar refractivity (Wildman–Crippen MR) is 99.8 cm³/mol. The summed E-state index contributed by atoms with van der Waals surface area (Å²) in [6.45, 7) is 3.94. The first kappa shape index (κ1) is 15.6. The zero-order chi connectivity index (χ0) is 17.1. The number of nitrogens with one attached hydrogen (secondary N) is 2. The number of benzene rings is 2. The van der Waals surface area contributed by atoms with Crippen molar-refractivity contribution >= 4 is 34.5 Å². The van der Waals surface area contributed by atoms with Crippen molar-refractivity contribution in [1.82, 2.24) is 9.97 Å². The molecule has 0 aliphatic rings. The summed E-state index contributed by atoms with van der Waals surface area (Å²) in [4.78, 5) is 8.68. The predicted octanol–water partition coefficient (Wildman–Crippen LogP) is 3.75. The highest BCUT2D eigenvalue weighted by Gasteiger charge is 2.03. The van der Waals surface area contributed by atoms with E-state index in [-0.39, 0.29) is 0 Å². The number of nitrogens with zero attached hydrogens (tertiary/aromatic N) is 2. The molecule has 6 nitrogen and oxygen atoms in total. The van der Waals surface area contributed by atoms with Crippen LogP contribution < -0.4 is 22.1 Å². The van der Waals surface area contributed by atoms with E-state index in [4.69, 9.17) is 11.5 Å². The van der Waals surface area contributed by atoms with E-state index in [2.05, 4.69) is 20.6 Å². The van der Waals surface area contributed by atoms with Crippen molar-refractivity contribution in [3.8, 4) is 0 Å². The van der Waals surface area contributed by atoms with Gasteiger partial charge in [-0.3, -0.25) is 0 Å². The number of anilines is 6. The molecule has 0 saturated carbocycles. The molecule has 3 rings (SSSR count). The van der Waals surface area contributed by atoms with E-state index in [9.17, 15) is 0 Å². The molecular weight excluding hydrogens is 300 g/mol. The maximum Gasteiger partial charge on any atom is 0.229 e. The number of aromatic nitrogens is 2. The number of hydrogen-bond acceptors (Lipinski definition) is 6. The summed E-state index contributed by atoms with van der Waals surface area (Å²) in [7, 11) is 0. The molecule has 0 bridgehead atoms. The van der Waals surface area contributed by atoms with Gasteiger partial charge in [-0.2, -0.15) is 4.98 Å². The second-order valence-electron chi connectivity index (χ2n) is 5.66. The van der Waals surface area contributed by atoms with Crippen LogP contribution in [0.25, 0.3) is 0 Å². The molecule has 0 fully saturated rings. The van der Waals surface area contributed by atoms with Gasteiger partial charge in [0.1, 0.15) is 5.82 Å². The first-order valence-corrected chi connectivity index (χ1v) is 7.60. The Labute approximate surface area is 140 Å². The lowest BCUT2D eigenvalue weighted by Crippen LogP contribution is -2.01. The molecule has 0 aliphatic heterocycles. The van der Waals surface area contributed by atoms with Crippen molar-refractivity contribution in [2.45, 2.75) is 13.8 Å². The minimum atomic E-state index is 0.489. The Morgan fingerprint density at radius 3 is 1.96 bits per heavy atom. The zero-order valence-corrected chi connectivity index (χ0v) is 13.7. The molecule has 0 saturated heterocycles. The van der Waals surface area contributed by atoms with Gasteiger partial charge in [-0.25, -0.2) is 4.98 Å². The van der Waals surface area contributed by atoms with Gasteiger partial charge in [-0.05, 0) is 55.3 Å². The van der Waals surface area contributed by atoms with E-state index >= 15 is 0 Å². The molecule has 1 heterocycles. The smallest absolute Gasteiger partial charge is 0.229 e. The van der Waals surface area contributed by atoms with E-state index in [0.717, 1.165) is 33.9 Å². The molecule has 0 atom stereocenters. The Kier molecular flexibility index (Phi) is 4.20. The van der Waals surface area contributed by atoms with Gasteiger partial charge in [0, 0.05) is 28.9 Å². The number of aryl methyl sites for hydroxylation is 2. The number of nitrogens with two attached hydrogens (primary N) is 2. The highest BCUT2D eigenvalue weighted by atomic mass is 15.1. The topological polar surface area (TPSA) is 102 Å². The van der Waals surface area contributed by atoms with E-state index in [1.807, 2.05) is 50.2 Å². The first-order valence-electron chi connectivity index (χ1n) is 7.60. The second-order valence-corrected chi connectivity index (χ2v) is 5.66. The first-order chi connectivity index (χ1) is 11.5. The fourth-order valence-electron chi connectivity index (χ4n) is 2.20. The lowest BCUT2D eigenvalue weighted by atomic mass is 10.2. The van der Waals surface area contributed by atoms with Crippen LogP contribution in [0.15, 0.2) is 48.7 Å². The molecule has 1 aromatic heterocycles. The lowest BCUT2D eigenvalue weighted by Gasteiger charge is -2.10. The molecule has 0 radical (unpaired) electrons. The number of nitrogen functional groups attached to an aromatic ring is 2. The highest BCUT2D eigenvalue weighted by molar-refractivity contribution is 5.66. The van der Waals surface area contributed by atoms with Crippen LogP contribution in [0, 0.1) is 13.8 Å². The fraction of sp³-hybridized carbons (Fsp3) is 0.111. The van der Waals surface area contributed by atoms with Gasteiger partial charge in [-0.1, -0.05) is 12.1 Å². The maximum atomic E-state index is 5.94. The Balaban J connectivity index is 1.78. The minimum absolute atomic E-state index is 0.489. The number of hydrogen-bond donors (Lipinski definition) is 4. The molecule has 24 heavy (non-hydrogen) atoms. The van der Waals surface area contributed by atoms with Gasteiger partial charge >= 0.3 is 0 Å². The van der Waals surface area contributed by atoms with E-state index < -0.39 is 0 Å². The van der Waals surface area contributed by atoms with Gasteiger partial charge in [0.25, 0.3) is 0 Å². The molecule has 0 unspecified atom stereocenters. The molecule has 0 spiro atoms. The minimum Gasteiger partial charge on any atom is -0.398 e. The third-order valence-electron chi connectivity index (χ3n) is 3.74.